The molecule has 0 bridgehead atoms. The number of Topliss-reactive ketones (excluding diaryl/α,β-unsaturated/α-hetero) is 2. The molecule has 8 aliphatic rings. The number of ketones is 2. The van der Waals surface area contributed by atoms with E-state index in [2.05, 4.69) is 41.5 Å². The van der Waals surface area contributed by atoms with Gasteiger partial charge in [0.15, 0.2) is 43.5 Å². The van der Waals surface area contributed by atoms with Crippen LogP contribution in [0.5, 0.6) is 0 Å². The predicted molar refractivity (Wildman–Crippen MR) is 446 cm³/mol. The number of rotatable bonds is 28. The zero-order valence-electron chi connectivity index (χ0n) is 71.7. The van der Waals surface area contributed by atoms with Crippen molar-refractivity contribution in [3.63, 3.8) is 0 Å². The first-order chi connectivity index (χ1) is 58.2. The van der Waals surface area contributed by atoms with Crippen molar-refractivity contribution in [3.05, 3.63) is 215 Å². The quantitative estimate of drug-likeness (QED) is 0.0251. The Balaban J connectivity index is 0.727. The van der Waals surface area contributed by atoms with Crippen LogP contribution in [0.2, 0.25) is 0 Å². The molecule has 0 aromatic heterocycles. The second-order valence-electron chi connectivity index (χ2n) is 36.2. The summed E-state index contributed by atoms with van der Waals surface area (Å²) in [7, 11) is 0. The molecular weight excluding hydrogens is 1540 g/mol. The van der Waals surface area contributed by atoms with Crippen LogP contribution in [0.25, 0.3) is 0 Å². The summed E-state index contributed by atoms with van der Waals surface area (Å²) in [4.78, 5) is 115. The predicted octanol–water partition coefficient (Wildman–Crippen LogP) is 17.1. The summed E-state index contributed by atoms with van der Waals surface area (Å²) in [5, 5.41) is 0. The summed E-state index contributed by atoms with van der Waals surface area (Å²) in [5.74, 6) is -5.71. The first kappa shape index (κ1) is 88.5. The molecule has 4 heterocycles. The topological polar surface area (TPSA) is 266 Å². The standard InChI is InChI=1S/C99H120O22/c1-13-78-57(3)58(4)84(117-91(105)68-38-26-17-27-39-68)94(113-78)109-54-56(2)44-47-76(100)61(7)80-77(101)53-75-73-46-45-71-52-72(48-50-98(71,11)74(73)49-51-99(75,80)12)112-95-85(121-97-87(119-93(107)70-42-30-19-31-43-70)83(60(6)64(10)111-97)116-90(104)67-36-24-16-25-37-67)62(8)81(79(114-95)55-108-88(102)65-32-20-14-21-33-65)120-96-86(118-92(106)69-40-28-18-29-41-69)82(59(5)63(9)110-96)115-89(103)66-34-22-15-23-35-66/h14-43,56-64,71-75,78-87,94-97H,13,44-55H2,1-12H3/t56-,57+,58-,59-,60-,61+,62-,63?,64?,71?,72?,73?,74?,75?,78?,79?,80?,81+,82+,83+,84?,85?,86?,87?,94+,95+,96-,97-,98?,99?/m0/s1. The number of hydrogen-bond donors (Lipinski definition) is 0. The molecule has 121 heavy (non-hydrogen) atoms. The third-order valence-corrected chi connectivity index (χ3v) is 28.8. The van der Waals surface area contributed by atoms with E-state index in [0.717, 1.165) is 38.5 Å². The molecule has 30 atom stereocenters. The summed E-state index contributed by atoms with van der Waals surface area (Å²) in [6, 6.07) is 51.3. The summed E-state index contributed by atoms with van der Waals surface area (Å²) in [6.45, 7) is 24.1. The van der Waals surface area contributed by atoms with Gasteiger partial charge in [0.1, 0.15) is 42.6 Å². The maximum Gasteiger partial charge on any atom is 0.338 e. The van der Waals surface area contributed by atoms with Gasteiger partial charge in [0.2, 0.25) is 0 Å². The molecule has 8 fully saturated rings. The fourth-order valence-electron chi connectivity index (χ4n) is 21.2. The van der Waals surface area contributed by atoms with Crippen molar-refractivity contribution in [1.82, 2.24) is 0 Å². The van der Waals surface area contributed by atoms with E-state index < -0.39 is 164 Å². The van der Waals surface area contributed by atoms with Crippen LogP contribution in [0, 0.1) is 81.8 Å². The Labute approximate surface area is 711 Å². The highest BCUT2D eigenvalue weighted by Gasteiger charge is 2.65. The van der Waals surface area contributed by atoms with Gasteiger partial charge in [-0.3, -0.25) is 9.59 Å². The largest absolute Gasteiger partial charge is 0.459 e. The van der Waals surface area contributed by atoms with E-state index in [1.807, 2.05) is 47.6 Å². The molecule has 4 saturated heterocycles. The number of esters is 6. The third-order valence-electron chi connectivity index (χ3n) is 28.8. The van der Waals surface area contributed by atoms with Crippen LogP contribution in [0.4, 0.5) is 0 Å². The van der Waals surface area contributed by atoms with Crippen molar-refractivity contribution in [2.75, 3.05) is 13.2 Å². The molecule has 14 rings (SSSR count). The van der Waals surface area contributed by atoms with Crippen LogP contribution in [-0.4, -0.2) is 159 Å². The minimum atomic E-state index is -1.50. The van der Waals surface area contributed by atoms with Crippen molar-refractivity contribution < 1.29 is 105 Å². The maximum absolute atomic E-state index is 14.8. The molecule has 0 spiro atoms. The average molecular weight is 1660 g/mol. The summed E-state index contributed by atoms with van der Waals surface area (Å²) in [6.07, 6.45) is -8.87. The Morgan fingerprint density at radius 1 is 0.421 bits per heavy atom. The maximum atomic E-state index is 14.8. The lowest BCUT2D eigenvalue weighted by molar-refractivity contribution is -0.378. The molecule has 6 aromatic carbocycles. The smallest absolute Gasteiger partial charge is 0.338 e. The second-order valence-corrected chi connectivity index (χ2v) is 36.2. The van der Waals surface area contributed by atoms with Crippen molar-refractivity contribution in [3.8, 4) is 0 Å². The molecule has 648 valence electrons. The lowest BCUT2D eigenvalue weighted by Gasteiger charge is -2.61. The van der Waals surface area contributed by atoms with Gasteiger partial charge in [0.05, 0.1) is 70.5 Å². The summed E-state index contributed by atoms with van der Waals surface area (Å²) in [5.41, 5.74) is 1.16. The van der Waals surface area contributed by atoms with Gasteiger partial charge in [-0.15, -0.1) is 0 Å². The molecule has 4 aliphatic carbocycles. The Morgan fingerprint density at radius 3 is 1.31 bits per heavy atom. The fraction of sp³-hybridized carbons (Fsp3) is 0.556. The van der Waals surface area contributed by atoms with Crippen molar-refractivity contribution in [2.45, 2.75) is 252 Å². The fourth-order valence-corrected chi connectivity index (χ4v) is 21.2. The van der Waals surface area contributed by atoms with Gasteiger partial charge in [-0.1, -0.05) is 178 Å². The van der Waals surface area contributed by atoms with Crippen LogP contribution in [0.3, 0.4) is 0 Å². The Kier molecular flexibility index (Phi) is 28.5. The highest BCUT2D eigenvalue weighted by Crippen LogP contribution is 2.68. The van der Waals surface area contributed by atoms with Gasteiger partial charge < -0.3 is 66.3 Å². The van der Waals surface area contributed by atoms with Crippen LogP contribution < -0.4 is 0 Å². The summed E-state index contributed by atoms with van der Waals surface area (Å²) < 4.78 is 94.7. The molecule has 6 aromatic rings. The van der Waals surface area contributed by atoms with E-state index in [0.29, 0.717) is 44.3 Å². The van der Waals surface area contributed by atoms with Gasteiger partial charge in [-0.25, -0.2) is 28.8 Å². The van der Waals surface area contributed by atoms with Crippen molar-refractivity contribution >= 4 is 47.4 Å². The first-order valence-corrected chi connectivity index (χ1v) is 44.0. The van der Waals surface area contributed by atoms with E-state index in [1.165, 1.54) is 0 Å². The van der Waals surface area contributed by atoms with Crippen LogP contribution in [0.1, 0.15) is 216 Å². The molecule has 0 radical (unpaired) electrons. The Morgan fingerprint density at radius 2 is 0.843 bits per heavy atom. The van der Waals surface area contributed by atoms with Crippen LogP contribution >= 0.6 is 0 Å². The van der Waals surface area contributed by atoms with Crippen molar-refractivity contribution in [1.29, 1.82) is 0 Å². The van der Waals surface area contributed by atoms with Crippen LogP contribution in [0.15, 0.2) is 182 Å². The average Bonchev–Trinajstić information content (AvgIpc) is 1.61. The Bertz CT molecular complexity index is 4500. The lowest BCUT2D eigenvalue weighted by atomic mass is 9.44. The monoisotopic (exact) mass is 1660 g/mol. The number of benzene rings is 6. The third kappa shape index (κ3) is 19.4. The first-order valence-electron chi connectivity index (χ1n) is 44.0. The van der Waals surface area contributed by atoms with Crippen LogP contribution in [-0.2, 0) is 75.9 Å². The highest BCUT2D eigenvalue weighted by atomic mass is 16.8. The number of fused-ring (bicyclic) bond motifs is 5. The van der Waals surface area contributed by atoms with Gasteiger partial charge in [-0.2, -0.15) is 0 Å². The SMILES string of the molecule is CCC1O[C@@H](OC[C@@H](C)CCC(=O)[C@@H](C)C2C(=O)CC3C4CCC5CC(O[C@@H]6OC(COC(=O)c7ccccc7)[C@H](O[C@@H]7OC(C)[C@H](C)[C@@H](OC(=O)c8ccccc8)C7OC(=O)c7ccccc7)[C@H](C)C6O[C@@H]6OC(C)[C@H](C)[C@@H](OC(=O)c7ccccc7)C6OC(=O)c6ccccc6)CCC5(C)C4CCC32C)C(OC(=O)c2ccccc2)[C@@H](C)[C@H]1C. The zero-order chi connectivity index (χ0) is 85.6. The van der Waals surface area contributed by atoms with E-state index in [9.17, 15) is 38.4 Å². The van der Waals surface area contributed by atoms with E-state index in [1.54, 1.807) is 176 Å². The molecule has 4 aliphatic heterocycles. The molecular formula is C99H120O22. The summed E-state index contributed by atoms with van der Waals surface area (Å²) >= 11 is 0. The van der Waals surface area contributed by atoms with Crippen molar-refractivity contribution in [2.24, 2.45) is 81.8 Å². The number of ether oxygens (including phenoxy) is 14. The van der Waals surface area contributed by atoms with E-state index >= 15 is 0 Å². The van der Waals surface area contributed by atoms with Gasteiger partial charge in [0.25, 0.3) is 0 Å². The zero-order valence-corrected chi connectivity index (χ0v) is 71.7. The molecule has 0 N–H and O–H groups in total. The normalized spacial score (nSPS) is 35.6. The number of carbonyl (C=O) groups is 8. The lowest BCUT2D eigenvalue weighted by Crippen LogP contribution is -2.64. The van der Waals surface area contributed by atoms with E-state index in [-0.39, 0.29) is 97.7 Å². The van der Waals surface area contributed by atoms with Gasteiger partial charge >= 0.3 is 35.8 Å². The Hall–Kier alpha value is -8.84. The molecule has 22 nitrogen and oxygen atoms in total. The van der Waals surface area contributed by atoms with Gasteiger partial charge in [0, 0.05) is 48.3 Å². The number of hydrogen-bond acceptors (Lipinski definition) is 22. The second kappa shape index (κ2) is 38.9. The molecule has 16 unspecified atom stereocenters. The highest BCUT2D eigenvalue weighted by molar-refractivity contribution is 5.94. The van der Waals surface area contributed by atoms with Gasteiger partial charge in [-0.05, 0) is 191 Å². The molecule has 4 saturated carbocycles. The molecule has 0 amide bonds. The minimum Gasteiger partial charge on any atom is -0.459 e. The number of carbonyl (C=O) groups excluding carboxylic acids is 8. The van der Waals surface area contributed by atoms with E-state index in [4.69, 9.17) is 66.3 Å². The minimum absolute atomic E-state index is 0.0306. The molecule has 22 heteroatoms.